The zero-order valence-corrected chi connectivity index (χ0v) is 13.6. The van der Waals surface area contributed by atoms with Crippen LogP contribution in [0, 0.1) is 5.82 Å². The smallest absolute Gasteiger partial charge is 0.325 e. The van der Waals surface area contributed by atoms with Crippen molar-refractivity contribution in [2.24, 2.45) is 0 Å². The highest BCUT2D eigenvalue weighted by atomic mass is 32.1. The second-order valence-corrected chi connectivity index (χ2v) is 6.02. The molecular formula is C16H14FN3O3S. The topological polar surface area (TPSA) is 73.1 Å². The molecule has 1 N–H and O–H groups in total. The van der Waals surface area contributed by atoms with E-state index in [1.807, 2.05) is 0 Å². The van der Waals surface area contributed by atoms with Crippen molar-refractivity contribution in [1.29, 1.82) is 0 Å². The van der Waals surface area contributed by atoms with Crippen LogP contribution in [0.4, 0.5) is 10.1 Å². The zero-order chi connectivity index (χ0) is 17.3. The summed E-state index contributed by atoms with van der Waals surface area (Å²) < 4.78 is 15.7. The Kier molecular flexibility index (Phi) is 4.30. The number of amides is 1. The Morgan fingerprint density at radius 1 is 1.17 bits per heavy atom. The molecule has 1 amide bonds. The number of nitrogens with one attached hydrogen (secondary N) is 1. The second-order valence-electron chi connectivity index (χ2n) is 5.11. The average Bonchev–Trinajstić information content (AvgIpc) is 3.04. The van der Waals surface area contributed by atoms with E-state index in [0.717, 1.165) is 4.57 Å². The van der Waals surface area contributed by atoms with E-state index in [-0.39, 0.29) is 18.6 Å². The van der Waals surface area contributed by atoms with Gasteiger partial charge in [-0.2, -0.15) is 0 Å². The highest BCUT2D eigenvalue weighted by molar-refractivity contribution is 7.17. The summed E-state index contributed by atoms with van der Waals surface area (Å²) >= 11 is 1.23. The molecule has 0 fully saturated rings. The molecular weight excluding hydrogens is 333 g/mol. The molecule has 2 heterocycles. The fraction of sp³-hybridized carbons (Fsp3) is 0.188. The lowest BCUT2D eigenvalue weighted by Crippen LogP contribution is -2.40. The molecule has 124 valence electrons. The highest BCUT2D eigenvalue weighted by Crippen LogP contribution is 2.15. The quantitative estimate of drug-likeness (QED) is 0.785. The molecule has 0 unspecified atom stereocenters. The first-order valence-corrected chi connectivity index (χ1v) is 8.15. The van der Waals surface area contributed by atoms with Gasteiger partial charge in [0.05, 0.1) is 5.52 Å². The van der Waals surface area contributed by atoms with Gasteiger partial charge in [-0.3, -0.25) is 18.7 Å². The van der Waals surface area contributed by atoms with E-state index in [9.17, 15) is 18.8 Å². The number of fused-ring (bicyclic) bond motifs is 1. The third-order valence-electron chi connectivity index (χ3n) is 3.58. The van der Waals surface area contributed by atoms with Crippen molar-refractivity contribution >= 4 is 33.1 Å². The molecule has 0 spiro atoms. The number of hydrogen-bond acceptors (Lipinski definition) is 4. The minimum Gasteiger partial charge on any atom is -0.325 e. The predicted octanol–water partition coefficient (Wildman–Crippen LogP) is 2.02. The van der Waals surface area contributed by atoms with E-state index >= 15 is 0 Å². The third-order valence-corrected chi connectivity index (χ3v) is 4.47. The minimum atomic E-state index is -0.525. The summed E-state index contributed by atoms with van der Waals surface area (Å²) in [6.07, 6.45) is 0. The van der Waals surface area contributed by atoms with Crippen LogP contribution >= 0.6 is 11.3 Å². The Bertz CT molecular complexity index is 1020. The Morgan fingerprint density at radius 3 is 2.54 bits per heavy atom. The van der Waals surface area contributed by atoms with Crippen LogP contribution in [-0.2, 0) is 17.9 Å². The SMILES string of the molecule is CCn1c(=O)c2sccc2n(CC(=O)Nc2ccc(F)cc2)c1=O. The van der Waals surface area contributed by atoms with E-state index < -0.39 is 17.4 Å². The zero-order valence-electron chi connectivity index (χ0n) is 12.8. The van der Waals surface area contributed by atoms with Crippen LogP contribution in [0.25, 0.3) is 10.2 Å². The Hall–Kier alpha value is -2.74. The number of hydrogen-bond donors (Lipinski definition) is 1. The molecule has 0 atom stereocenters. The Balaban J connectivity index is 1.96. The van der Waals surface area contributed by atoms with E-state index in [4.69, 9.17) is 0 Å². The first-order valence-electron chi connectivity index (χ1n) is 7.27. The van der Waals surface area contributed by atoms with E-state index in [0.29, 0.717) is 15.9 Å². The molecule has 8 heteroatoms. The molecule has 0 saturated heterocycles. The molecule has 0 aliphatic carbocycles. The van der Waals surface area contributed by atoms with Gasteiger partial charge >= 0.3 is 5.69 Å². The minimum absolute atomic E-state index is 0.227. The Morgan fingerprint density at radius 2 is 1.88 bits per heavy atom. The molecule has 6 nitrogen and oxygen atoms in total. The molecule has 3 aromatic rings. The van der Waals surface area contributed by atoms with Crippen LogP contribution in [0.2, 0.25) is 0 Å². The monoisotopic (exact) mass is 347 g/mol. The maximum atomic E-state index is 12.9. The van der Waals surface area contributed by atoms with Crippen LogP contribution in [-0.4, -0.2) is 15.0 Å². The van der Waals surface area contributed by atoms with Crippen molar-refractivity contribution < 1.29 is 9.18 Å². The lowest BCUT2D eigenvalue weighted by molar-refractivity contribution is -0.116. The molecule has 24 heavy (non-hydrogen) atoms. The van der Waals surface area contributed by atoms with E-state index in [2.05, 4.69) is 5.32 Å². The fourth-order valence-corrected chi connectivity index (χ4v) is 3.29. The molecule has 2 aromatic heterocycles. The number of benzene rings is 1. The Labute approximate surface area is 139 Å². The third kappa shape index (κ3) is 2.88. The first kappa shape index (κ1) is 16.1. The number of carbonyl (C=O) groups excluding carboxylic acids is 1. The molecule has 0 radical (unpaired) electrons. The number of nitrogens with zero attached hydrogens (tertiary/aromatic N) is 2. The normalized spacial score (nSPS) is 10.9. The number of thiophene rings is 1. The van der Waals surface area contributed by atoms with Gasteiger partial charge in [-0.1, -0.05) is 0 Å². The van der Waals surface area contributed by atoms with Gasteiger partial charge in [-0.05, 0) is 42.6 Å². The van der Waals surface area contributed by atoms with Gasteiger partial charge < -0.3 is 5.32 Å². The van der Waals surface area contributed by atoms with Crippen molar-refractivity contribution in [3.63, 3.8) is 0 Å². The van der Waals surface area contributed by atoms with Crippen molar-refractivity contribution in [3.05, 3.63) is 62.4 Å². The summed E-state index contributed by atoms with van der Waals surface area (Å²) in [6, 6.07) is 6.98. The molecule has 0 bridgehead atoms. The summed E-state index contributed by atoms with van der Waals surface area (Å²) in [5.41, 5.74) is -0.000806. The molecule has 1 aromatic carbocycles. The van der Waals surface area contributed by atoms with Crippen molar-refractivity contribution in [3.8, 4) is 0 Å². The second kappa shape index (κ2) is 6.40. The lowest BCUT2D eigenvalue weighted by atomic mass is 10.3. The maximum absolute atomic E-state index is 12.9. The van der Waals surface area contributed by atoms with Crippen LogP contribution in [0.1, 0.15) is 6.92 Å². The van der Waals surface area contributed by atoms with Gasteiger partial charge in [-0.25, -0.2) is 9.18 Å². The summed E-state index contributed by atoms with van der Waals surface area (Å²) in [5, 5.41) is 4.31. The summed E-state index contributed by atoms with van der Waals surface area (Å²) in [7, 11) is 0. The number of halogens is 1. The van der Waals surface area contributed by atoms with Gasteiger partial charge in [0.25, 0.3) is 5.56 Å². The molecule has 0 aliphatic rings. The van der Waals surface area contributed by atoms with Crippen LogP contribution < -0.4 is 16.6 Å². The summed E-state index contributed by atoms with van der Waals surface area (Å²) in [4.78, 5) is 36.9. The first-order chi connectivity index (χ1) is 11.5. The van der Waals surface area contributed by atoms with Crippen LogP contribution in [0.15, 0.2) is 45.3 Å². The number of aromatic nitrogens is 2. The summed E-state index contributed by atoms with van der Waals surface area (Å²) in [5.74, 6) is -0.836. The van der Waals surface area contributed by atoms with E-state index in [1.165, 1.54) is 40.2 Å². The maximum Gasteiger partial charge on any atom is 0.331 e. The predicted molar refractivity (Wildman–Crippen MR) is 91.0 cm³/mol. The highest BCUT2D eigenvalue weighted by Gasteiger charge is 2.15. The average molecular weight is 347 g/mol. The van der Waals surface area contributed by atoms with Crippen molar-refractivity contribution in [1.82, 2.24) is 9.13 Å². The van der Waals surface area contributed by atoms with Gasteiger partial charge in [-0.15, -0.1) is 11.3 Å². The largest absolute Gasteiger partial charge is 0.331 e. The van der Waals surface area contributed by atoms with Gasteiger partial charge in [0.2, 0.25) is 5.91 Å². The lowest BCUT2D eigenvalue weighted by Gasteiger charge is -2.11. The fourth-order valence-electron chi connectivity index (χ4n) is 2.44. The van der Waals surface area contributed by atoms with E-state index in [1.54, 1.807) is 18.4 Å². The van der Waals surface area contributed by atoms with Gasteiger partial charge in [0.15, 0.2) is 0 Å². The molecule has 3 rings (SSSR count). The molecule has 0 aliphatic heterocycles. The number of anilines is 1. The number of rotatable bonds is 4. The van der Waals surface area contributed by atoms with Crippen LogP contribution in [0.5, 0.6) is 0 Å². The van der Waals surface area contributed by atoms with Crippen LogP contribution in [0.3, 0.4) is 0 Å². The van der Waals surface area contributed by atoms with Crippen molar-refractivity contribution in [2.75, 3.05) is 5.32 Å². The molecule has 0 saturated carbocycles. The van der Waals surface area contributed by atoms with Gasteiger partial charge in [0, 0.05) is 12.2 Å². The standard InChI is InChI=1S/C16H14FN3O3S/c1-2-19-15(22)14-12(7-8-24-14)20(16(19)23)9-13(21)18-11-5-3-10(17)4-6-11/h3-8H,2,9H2,1H3,(H,18,21). The summed E-state index contributed by atoms with van der Waals surface area (Å²) in [6.45, 7) is 1.69. The number of carbonyl (C=O) groups is 1. The van der Waals surface area contributed by atoms with Crippen molar-refractivity contribution in [2.45, 2.75) is 20.0 Å². The van der Waals surface area contributed by atoms with Gasteiger partial charge in [0.1, 0.15) is 17.1 Å².